The third kappa shape index (κ3) is 2.88. The third-order valence-electron chi connectivity index (χ3n) is 2.47. The number of amides is 1. The number of hydrogen-bond donors (Lipinski definition) is 1. The second-order valence-corrected chi connectivity index (χ2v) is 5.03. The van der Waals surface area contributed by atoms with Gasteiger partial charge in [0.15, 0.2) is 0 Å². The quantitative estimate of drug-likeness (QED) is 0.856. The molecule has 1 amide bonds. The van der Waals surface area contributed by atoms with Crippen molar-refractivity contribution in [3.8, 4) is 0 Å². The number of hydrogen-bond acceptors (Lipinski definition) is 3. The summed E-state index contributed by atoms with van der Waals surface area (Å²) in [6, 6.07) is 2.13. The fraction of sp³-hybridized carbons (Fsp3) is 0.500. The van der Waals surface area contributed by atoms with E-state index in [-0.39, 0.29) is 18.3 Å². The van der Waals surface area contributed by atoms with Gasteiger partial charge in [0.2, 0.25) is 0 Å². The van der Waals surface area contributed by atoms with Gasteiger partial charge >= 0.3 is 0 Å². The van der Waals surface area contributed by atoms with Gasteiger partial charge in [-0.1, -0.05) is 11.6 Å². The zero-order valence-electron chi connectivity index (χ0n) is 8.90. The van der Waals surface area contributed by atoms with Gasteiger partial charge in [-0.25, -0.2) is 0 Å². The fourth-order valence-electron chi connectivity index (χ4n) is 1.71. The maximum Gasteiger partial charge on any atom is 0.265 e. The van der Waals surface area contributed by atoms with Crippen molar-refractivity contribution in [3.63, 3.8) is 0 Å². The molecule has 0 aliphatic carbocycles. The SMILES string of the molecule is C[C@H]1CN(C(=O)c2sccc2Cl)CCN1.Cl. The Labute approximate surface area is 110 Å². The first kappa shape index (κ1) is 13.8. The summed E-state index contributed by atoms with van der Waals surface area (Å²) in [6.45, 7) is 4.45. The van der Waals surface area contributed by atoms with Crippen LogP contribution in [0.4, 0.5) is 0 Å². The van der Waals surface area contributed by atoms with E-state index < -0.39 is 0 Å². The van der Waals surface area contributed by atoms with Gasteiger partial charge in [0.1, 0.15) is 4.88 Å². The molecule has 0 saturated carbocycles. The second kappa shape index (κ2) is 5.87. The number of carbonyl (C=O) groups is 1. The molecule has 0 aromatic carbocycles. The Balaban J connectivity index is 0.00000128. The van der Waals surface area contributed by atoms with Crippen LogP contribution in [0.5, 0.6) is 0 Å². The monoisotopic (exact) mass is 280 g/mol. The number of nitrogens with zero attached hydrogens (tertiary/aromatic N) is 1. The normalized spacial score (nSPS) is 20.4. The Kier molecular flexibility index (Phi) is 5.05. The standard InChI is InChI=1S/C10H13ClN2OS.ClH/c1-7-6-13(4-3-12-7)10(14)9-8(11)2-5-15-9;/h2,5,7,12H,3-4,6H2,1H3;1H/t7-;/m0./s1. The predicted molar refractivity (Wildman–Crippen MR) is 69.9 cm³/mol. The Bertz CT molecular complexity index is 369. The van der Waals surface area contributed by atoms with Gasteiger partial charge in [-0.15, -0.1) is 23.7 Å². The van der Waals surface area contributed by atoms with Crippen LogP contribution in [0.2, 0.25) is 5.02 Å². The molecule has 3 nitrogen and oxygen atoms in total. The van der Waals surface area contributed by atoms with Crippen LogP contribution in [0.3, 0.4) is 0 Å². The van der Waals surface area contributed by atoms with E-state index in [1.54, 1.807) is 6.07 Å². The summed E-state index contributed by atoms with van der Waals surface area (Å²) in [7, 11) is 0. The first-order valence-corrected chi connectivity index (χ1v) is 6.20. The lowest BCUT2D eigenvalue weighted by molar-refractivity contribution is 0.0714. The number of halogens is 2. The summed E-state index contributed by atoms with van der Waals surface area (Å²) >= 11 is 7.35. The van der Waals surface area contributed by atoms with Gasteiger partial charge in [0, 0.05) is 25.7 Å². The van der Waals surface area contributed by atoms with E-state index in [0.29, 0.717) is 15.9 Å². The van der Waals surface area contributed by atoms with Crippen molar-refractivity contribution in [1.29, 1.82) is 0 Å². The van der Waals surface area contributed by atoms with Crippen LogP contribution in [0.15, 0.2) is 11.4 Å². The number of carbonyl (C=O) groups excluding carboxylic acids is 1. The Morgan fingerprint density at radius 1 is 1.69 bits per heavy atom. The summed E-state index contributed by atoms with van der Waals surface area (Å²) in [5, 5.41) is 5.72. The van der Waals surface area contributed by atoms with Gasteiger partial charge in [-0.2, -0.15) is 0 Å². The maximum absolute atomic E-state index is 12.1. The van der Waals surface area contributed by atoms with Crippen molar-refractivity contribution in [1.82, 2.24) is 10.2 Å². The highest BCUT2D eigenvalue weighted by Crippen LogP contribution is 2.23. The van der Waals surface area contributed by atoms with Crippen LogP contribution >= 0.6 is 35.3 Å². The van der Waals surface area contributed by atoms with Crippen LogP contribution in [0.25, 0.3) is 0 Å². The summed E-state index contributed by atoms with van der Waals surface area (Å²) in [5.74, 6) is 0.0587. The minimum absolute atomic E-state index is 0. The van der Waals surface area contributed by atoms with Crippen molar-refractivity contribution in [3.05, 3.63) is 21.3 Å². The molecule has 1 N–H and O–H groups in total. The Hall–Kier alpha value is -0.290. The van der Waals surface area contributed by atoms with E-state index in [0.717, 1.165) is 19.6 Å². The summed E-state index contributed by atoms with van der Waals surface area (Å²) in [5.41, 5.74) is 0. The Morgan fingerprint density at radius 3 is 3.00 bits per heavy atom. The Morgan fingerprint density at radius 2 is 2.44 bits per heavy atom. The van der Waals surface area contributed by atoms with Crippen LogP contribution in [0.1, 0.15) is 16.6 Å². The highest BCUT2D eigenvalue weighted by Gasteiger charge is 2.23. The molecule has 1 fully saturated rings. The molecule has 6 heteroatoms. The molecule has 0 spiro atoms. The molecule has 1 aromatic heterocycles. The van der Waals surface area contributed by atoms with E-state index in [1.165, 1.54) is 11.3 Å². The van der Waals surface area contributed by atoms with E-state index >= 15 is 0 Å². The summed E-state index contributed by atoms with van der Waals surface area (Å²) < 4.78 is 0. The highest BCUT2D eigenvalue weighted by atomic mass is 35.5. The maximum atomic E-state index is 12.1. The van der Waals surface area contributed by atoms with E-state index in [1.807, 2.05) is 10.3 Å². The lowest BCUT2D eigenvalue weighted by Crippen LogP contribution is -2.51. The van der Waals surface area contributed by atoms with Gasteiger partial charge in [-0.3, -0.25) is 4.79 Å². The first-order chi connectivity index (χ1) is 7.18. The molecule has 0 radical (unpaired) electrons. The highest BCUT2D eigenvalue weighted by molar-refractivity contribution is 7.12. The molecule has 1 aromatic rings. The van der Waals surface area contributed by atoms with Crippen molar-refractivity contribution in [2.24, 2.45) is 0 Å². The first-order valence-electron chi connectivity index (χ1n) is 4.94. The lowest BCUT2D eigenvalue weighted by atomic mass is 10.2. The second-order valence-electron chi connectivity index (χ2n) is 3.70. The molecular weight excluding hydrogens is 267 g/mol. The van der Waals surface area contributed by atoms with Gasteiger partial charge in [-0.05, 0) is 18.4 Å². The fourth-order valence-corrected chi connectivity index (χ4v) is 2.81. The van der Waals surface area contributed by atoms with Crippen molar-refractivity contribution in [2.75, 3.05) is 19.6 Å². The third-order valence-corrected chi connectivity index (χ3v) is 3.80. The minimum Gasteiger partial charge on any atom is -0.335 e. The summed E-state index contributed by atoms with van der Waals surface area (Å²) in [4.78, 5) is 14.6. The van der Waals surface area contributed by atoms with Crippen LogP contribution in [0, 0.1) is 0 Å². The topological polar surface area (TPSA) is 32.3 Å². The zero-order valence-corrected chi connectivity index (χ0v) is 11.3. The lowest BCUT2D eigenvalue weighted by Gasteiger charge is -2.31. The molecule has 16 heavy (non-hydrogen) atoms. The number of thiophene rings is 1. The van der Waals surface area contributed by atoms with Crippen LogP contribution < -0.4 is 5.32 Å². The molecule has 1 saturated heterocycles. The molecule has 1 aliphatic rings. The predicted octanol–water partition coefficient (Wildman–Crippen LogP) is 2.26. The molecule has 0 bridgehead atoms. The molecule has 1 atom stereocenters. The van der Waals surface area contributed by atoms with Crippen molar-refractivity contribution in [2.45, 2.75) is 13.0 Å². The van der Waals surface area contributed by atoms with Gasteiger partial charge < -0.3 is 10.2 Å². The smallest absolute Gasteiger partial charge is 0.265 e. The molecule has 2 rings (SSSR count). The van der Waals surface area contributed by atoms with E-state index in [9.17, 15) is 4.79 Å². The van der Waals surface area contributed by atoms with Crippen molar-refractivity contribution < 1.29 is 4.79 Å². The largest absolute Gasteiger partial charge is 0.335 e. The number of piperazine rings is 1. The van der Waals surface area contributed by atoms with E-state index in [4.69, 9.17) is 11.6 Å². The molecule has 90 valence electrons. The summed E-state index contributed by atoms with van der Waals surface area (Å²) in [6.07, 6.45) is 0. The van der Waals surface area contributed by atoms with Gasteiger partial charge in [0.05, 0.1) is 5.02 Å². The molecule has 0 unspecified atom stereocenters. The molecule has 1 aliphatic heterocycles. The van der Waals surface area contributed by atoms with Gasteiger partial charge in [0.25, 0.3) is 5.91 Å². The van der Waals surface area contributed by atoms with Crippen molar-refractivity contribution >= 4 is 41.3 Å². The molecule has 2 heterocycles. The van der Waals surface area contributed by atoms with Crippen LogP contribution in [-0.2, 0) is 0 Å². The van der Waals surface area contributed by atoms with Crippen LogP contribution in [-0.4, -0.2) is 36.5 Å². The zero-order chi connectivity index (χ0) is 10.8. The minimum atomic E-state index is 0. The average molecular weight is 281 g/mol. The molecular formula is C10H14Cl2N2OS. The average Bonchev–Trinajstić information content (AvgIpc) is 2.63. The van der Waals surface area contributed by atoms with E-state index in [2.05, 4.69) is 12.2 Å². The number of nitrogens with one attached hydrogen (secondary N) is 1. The number of rotatable bonds is 1.